The number of aryl methyl sites for hydroxylation is 1. The van der Waals surface area contributed by atoms with Crippen LogP contribution in [0, 0.1) is 6.92 Å². The Balaban J connectivity index is 2.64. The van der Waals surface area contributed by atoms with Crippen molar-refractivity contribution in [3.8, 4) is 0 Å². The van der Waals surface area contributed by atoms with Crippen LogP contribution in [0.1, 0.15) is 42.9 Å². The number of carbonyl (C=O) groups excluding carboxylic acids is 1. The van der Waals surface area contributed by atoms with Gasteiger partial charge in [0.15, 0.2) is 0 Å². The van der Waals surface area contributed by atoms with E-state index >= 15 is 0 Å². The van der Waals surface area contributed by atoms with Gasteiger partial charge in [-0.25, -0.2) is 9.97 Å². The zero-order chi connectivity index (χ0) is 15.8. The van der Waals surface area contributed by atoms with Crippen LogP contribution >= 0.6 is 0 Å². The molecule has 6 nitrogen and oxygen atoms in total. The number of nitrogens with zero attached hydrogens (tertiary/aromatic N) is 3. The van der Waals surface area contributed by atoms with Crippen LogP contribution in [-0.4, -0.2) is 54.0 Å². The summed E-state index contributed by atoms with van der Waals surface area (Å²) in [5.74, 6) is 0.370. The Morgan fingerprint density at radius 2 is 2.10 bits per heavy atom. The molecule has 0 aliphatic heterocycles. The second-order valence-corrected chi connectivity index (χ2v) is 5.58. The van der Waals surface area contributed by atoms with Gasteiger partial charge in [0.25, 0.3) is 5.91 Å². The molecule has 0 fully saturated rings. The molecule has 2 N–H and O–H groups in total. The van der Waals surface area contributed by atoms with Gasteiger partial charge in [-0.3, -0.25) is 4.79 Å². The maximum atomic E-state index is 12.1. The van der Waals surface area contributed by atoms with Crippen molar-refractivity contribution in [3.63, 3.8) is 0 Å². The molecule has 6 heteroatoms. The largest absolute Gasteiger partial charge is 0.354 e. The highest BCUT2D eigenvalue weighted by molar-refractivity contribution is 5.92. The summed E-state index contributed by atoms with van der Waals surface area (Å²) >= 11 is 0. The van der Waals surface area contributed by atoms with E-state index in [1.54, 1.807) is 6.07 Å². The van der Waals surface area contributed by atoms with Crippen LogP contribution in [0.15, 0.2) is 6.07 Å². The van der Waals surface area contributed by atoms with Gasteiger partial charge in [0, 0.05) is 18.3 Å². The molecule has 0 bridgehead atoms. The van der Waals surface area contributed by atoms with Crippen LogP contribution in [-0.2, 0) is 0 Å². The van der Waals surface area contributed by atoms with Crippen molar-refractivity contribution in [1.29, 1.82) is 0 Å². The summed E-state index contributed by atoms with van der Waals surface area (Å²) in [7, 11) is 4.08. The van der Waals surface area contributed by atoms with E-state index in [2.05, 4.69) is 25.5 Å². The molecule has 0 radical (unpaired) electrons. The number of aromatic nitrogens is 2. The molecule has 21 heavy (non-hydrogen) atoms. The Labute approximate surface area is 127 Å². The topological polar surface area (TPSA) is 70.2 Å². The fraction of sp³-hybridized carbons (Fsp3) is 0.667. The first-order chi connectivity index (χ1) is 9.92. The normalized spacial score (nSPS) is 12.3. The van der Waals surface area contributed by atoms with Crippen LogP contribution in [0.3, 0.4) is 0 Å². The van der Waals surface area contributed by atoms with E-state index in [0.29, 0.717) is 11.6 Å². The first-order valence-electron chi connectivity index (χ1n) is 7.47. The van der Waals surface area contributed by atoms with Crippen LogP contribution in [0.4, 0.5) is 5.95 Å². The Kier molecular flexibility index (Phi) is 7.08. The molecular weight excluding hydrogens is 266 g/mol. The van der Waals surface area contributed by atoms with E-state index < -0.39 is 0 Å². The SMILES string of the molecule is CCC(C)NC(=O)c1cc(C)nc(NCCCN(C)C)n1. The van der Waals surface area contributed by atoms with Crippen LogP contribution in [0.25, 0.3) is 0 Å². The molecule has 0 saturated heterocycles. The van der Waals surface area contributed by atoms with Crippen molar-refractivity contribution in [2.45, 2.75) is 39.7 Å². The molecular formula is C15H27N5O. The minimum absolute atomic E-state index is 0.143. The van der Waals surface area contributed by atoms with Gasteiger partial charge in [-0.1, -0.05) is 6.92 Å². The predicted molar refractivity (Wildman–Crippen MR) is 85.6 cm³/mol. The fourth-order valence-corrected chi connectivity index (χ4v) is 1.76. The van der Waals surface area contributed by atoms with Crippen LogP contribution < -0.4 is 10.6 Å². The van der Waals surface area contributed by atoms with E-state index in [9.17, 15) is 4.79 Å². The zero-order valence-electron chi connectivity index (χ0n) is 13.7. The van der Waals surface area contributed by atoms with Crippen molar-refractivity contribution < 1.29 is 4.79 Å². The van der Waals surface area contributed by atoms with E-state index in [0.717, 1.165) is 31.6 Å². The smallest absolute Gasteiger partial charge is 0.270 e. The Bertz CT molecular complexity index is 461. The number of rotatable bonds is 8. The predicted octanol–water partition coefficient (Wildman–Crippen LogP) is 1.68. The number of hydrogen-bond acceptors (Lipinski definition) is 5. The Hall–Kier alpha value is -1.69. The van der Waals surface area contributed by atoms with Gasteiger partial charge in [-0.05, 0) is 53.4 Å². The van der Waals surface area contributed by atoms with Crippen molar-refractivity contribution in [3.05, 3.63) is 17.5 Å². The van der Waals surface area contributed by atoms with Crippen molar-refractivity contribution in [2.24, 2.45) is 0 Å². The zero-order valence-corrected chi connectivity index (χ0v) is 13.7. The van der Waals surface area contributed by atoms with Crippen molar-refractivity contribution >= 4 is 11.9 Å². The molecule has 1 aromatic rings. The molecule has 0 saturated carbocycles. The molecule has 0 aliphatic rings. The van der Waals surface area contributed by atoms with E-state index in [1.807, 2.05) is 34.9 Å². The van der Waals surface area contributed by atoms with Crippen LogP contribution in [0.2, 0.25) is 0 Å². The maximum Gasteiger partial charge on any atom is 0.270 e. The van der Waals surface area contributed by atoms with Crippen molar-refractivity contribution in [2.75, 3.05) is 32.5 Å². The number of anilines is 1. The highest BCUT2D eigenvalue weighted by Crippen LogP contribution is 2.06. The fourth-order valence-electron chi connectivity index (χ4n) is 1.76. The molecule has 0 aromatic carbocycles. The van der Waals surface area contributed by atoms with Crippen molar-refractivity contribution in [1.82, 2.24) is 20.2 Å². The standard InChI is InChI=1S/C15H27N5O/c1-6-11(2)17-14(21)13-10-12(3)18-15(19-13)16-8-7-9-20(4)5/h10-11H,6-9H2,1-5H3,(H,17,21)(H,16,18,19). The molecule has 0 aliphatic carbocycles. The lowest BCUT2D eigenvalue weighted by Gasteiger charge is -2.13. The maximum absolute atomic E-state index is 12.1. The second-order valence-electron chi connectivity index (χ2n) is 5.58. The third-order valence-corrected chi connectivity index (χ3v) is 3.14. The van der Waals surface area contributed by atoms with Gasteiger partial charge in [0.2, 0.25) is 5.95 Å². The first kappa shape index (κ1) is 17.4. The summed E-state index contributed by atoms with van der Waals surface area (Å²) < 4.78 is 0. The molecule has 1 atom stereocenters. The van der Waals surface area contributed by atoms with Gasteiger partial charge in [-0.15, -0.1) is 0 Å². The van der Waals surface area contributed by atoms with E-state index in [1.165, 1.54) is 0 Å². The lowest BCUT2D eigenvalue weighted by atomic mass is 10.2. The monoisotopic (exact) mass is 293 g/mol. The van der Waals surface area contributed by atoms with E-state index in [4.69, 9.17) is 0 Å². The Morgan fingerprint density at radius 1 is 1.38 bits per heavy atom. The van der Waals surface area contributed by atoms with Crippen LogP contribution in [0.5, 0.6) is 0 Å². The molecule has 118 valence electrons. The van der Waals surface area contributed by atoms with E-state index in [-0.39, 0.29) is 11.9 Å². The summed E-state index contributed by atoms with van der Waals surface area (Å²) in [5.41, 5.74) is 1.20. The van der Waals surface area contributed by atoms with Gasteiger partial charge >= 0.3 is 0 Å². The summed E-state index contributed by atoms with van der Waals surface area (Å²) in [6, 6.07) is 1.85. The van der Waals surface area contributed by atoms with Gasteiger partial charge < -0.3 is 15.5 Å². The average Bonchev–Trinajstić information content (AvgIpc) is 2.42. The molecule has 1 unspecified atom stereocenters. The number of amides is 1. The minimum Gasteiger partial charge on any atom is -0.354 e. The van der Waals surface area contributed by atoms with Gasteiger partial charge in [0.1, 0.15) is 5.69 Å². The Morgan fingerprint density at radius 3 is 2.71 bits per heavy atom. The minimum atomic E-state index is -0.147. The number of nitrogens with one attached hydrogen (secondary N) is 2. The third kappa shape index (κ3) is 6.53. The molecule has 1 heterocycles. The lowest BCUT2D eigenvalue weighted by Crippen LogP contribution is -2.32. The molecule has 0 spiro atoms. The summed E-state index contributed by atoms with van der Waals surface area (Å²) in [5, 5.41) is 6.09. The number of carbonyl (C=O) groups is 1. The average molecular weight is 293 g/mol. The molecule has 1 rings (SSSR count). The quantitative estimate of drug-likeness (QED) is 0.714. The summed E-state index contributed by atoms with van der Waals surface area (Å²) in [4.78, 5) is 22.8. The lowest BCUT2D eigenvalue weighted by molar-refractivity contribution is 0.0934. The molecule has 1 amide bonds. The number of hydrogen-bond donors (Lipinski definition) is 2. The first-order valence-corrected chi connectivity index (χ1v) is 7.47. The summed E-state index contributed by atoms with van der Waals surface area (Å²) in [6.07, 6.45) is 1.89. The van der Waals surface area contributed by atoms with Gasteiger partial charge in [-0.2, -0.15) is 0 Å². The summed E-state index contributed by atoms with van der Waals surface area (Å²) in [6.45, 7) is 7.67. The van der Waals surface area contributed by atoms with Gasteiger partial charge in [0.05, 0.1) is 0 Å². The third-order valence-electron chi connectivity index (χ3n) is 3.14. The highest BCUT2D eigenvalue weighted by atomic mass is 16.1. The highest BCUT2D eigenvalue weighted by Gasteiger charge is 2.12. The second kappa shape index (κ2) is 8.56. The molecule has 1 aromatic heterocycles.